The topological polar surface area (TPSA) is 56.0 Å². The second-order valence-corrected chi connectivity index (χ2v) is 5.84. The summed E-state index contributed by atoms with van der Waals surface area (Å²) in [7, 11) is 3.21. The van der Waals surface area contributed by atoms with Crippen molar-refractivity contribution in [2.45, 2.75) is 45.1 Å². The fraction of sp³-hybridized carbons (Fsp3) is 0.733. The Morgan fingerprint density at radius 2 is 1.85 bits per heavy atom. The van der Waals surface area contributed by atoms with Crippen LogP contribution in [0.2, 0.25) is 0 Å². The third-order valence-corrected chi connectivity index (χ3v) is 4.39. The molecule has 0 amide bonds. The van der Waals surface area contributed by atoms with E-state index in [0.29, 0.717) is 6.54 Å². The van der Waals surface area contributed by atoms with Gasteiger partial charge in [0.15, 0.2) is 0 Å². The van der Waals surface area contributed by atoms with Crippen LogP contribution in [0.25, 0.3) is 0 Å². The fourth-order valence-corrected chi connectivity index (χ4v) is 2.95. The van der Waals surface area contributed by atoms with E-state index in [0.717, 1.165) is 22.7 Å². The molecule has 1 aliphatic carbocycles. The van der Waals surface area contributed by atoms with E-state index in [2.05, 4.69) is 5.32 Å². The van der Waals surface area contributed by atoms with E-state index in [1.54, 1.807) is 7.05 Å². The Morgan fingerprint density at radius 1 is 1.15 bits per heavy atom. The lowest BCUT2D eigenvalue weighted by molar-refractivity contribution is 0.333. The average molecular weight is 279 g/mol. The van der Waals surface area contributed by atoms with Gasteiger partial charge in [-0.2, -0.15) is 0 Å². The first-order valence-corrected chi connectivity index (χ1v) is 7.56. The molecule has 0 aliphatic heterocycles. The van der Waals surface area contributed by atoms with E-state index in [9.17, 15) is 9.59 Å². The lowest BCUT2D eigenvalue weighted by atomic mass is 9.87. The van der Waals surface area contributed by atoms with Crippen LogP contribution in [0.4, 0.5) is 0 Å². The van der Waals surface area contributed by atoms with Gasteiger partial charge >= 0.3 is 5.69 Å². The molecular weight excluding hydrogens is 254 g/mol. The molecular formula is C15H25N3O2. The van der Waals surface area contributed by atoms with E-state index in [1.165, 1.54) is 56.2 Å². The molecule has 0 aromatic carbocycles. The zero-order chi connectivity index (χ0) is 14.5. The minimum Gasteiger partial charge on any atom is -0.311 e. The van der Waals surface area contributed by atoms with Gasteiger partial charge in [-0.1, -0.05) is 32.1 Å². The molecule has 1 N–H and O–H groups in total. The molecule has 0 bridgehead atoms. The lowest BCUT2D eigenvalue weighted by Gasteiger charge is -2.21. The molecule has 112 valence electrons. The van der Waals surface area contributed by atoms with Crippen LogP contribution in [0.3, 0.4) is 0 Å². The number of aromatic nitrogens is 2. The Kier molecular flexibility index (Phi) is 5.17. The highest BCUT2D eigenvalue weighted by Crippen LogP contribution is 2.25. The third kappa shape index (κ3) is 3.60. The second-order valence-electron chi connectivity index (χ2n) is 5.84. The van der Waals surface area contributed by atoms with Gasteiger partial charge in [-0.05, 0) is 18.9 Å². The fourth-order valence-electron chi connectivity index (χ4n) is 2.95. The number of hydrogen-bond donors (Lipinski definition) is 1. The van der Waals surface area contributed by atoms with Gasteiger partial charge in [0, 0.05) is 32.4 Å². The molecule has 0 spiro atoms. The van der Waals surface area contributed by atoms with Gasteiger partial charge < -0.3 is 5.32 Å². The van der Waals surface area contributed by atoms with Crippen LogP contribution in [0.15, 0.2) is 15.7 Å². The Hall–Kier alpha value is -1.36. The van der Waals surface area contributed by atoms with Crippen molar-refractivity contribution in [2.24, 2.45) is 20.0 Å². The average Bonchev–Trinajstić information content (AvgIpc) is 2.47. The number of nitrogens with zero attached hydrogens (tertiary/aromatic N) is 2. The van der Waals surface area contributed by atoms with Crippen LogP contribution in [-0.2, 0) is 20.6 Å². The zero-order valence-corrected chi connectivity index (χ0v) is 12.5. The molecule has 1 aromatic rings. The Balaban J connectivity index is 1.85. The first-order chi connectivity index (χ1) is 9.59. The highest BCUT2D eigenvalue weighted by Gasteiger charge is 2.12. The Morgan fingerprint density at radius 3 is 2.55 bits per heavy atom. The molecule has 1 fully saturated rings. The van der Waals surface area contributed by atoms with Crippen LogP contribution >= 0.6 is 0 Å². The third-order valence-electron chi connectivity index (χ3n) is 4.39. The molecule has 1 aromatic heterocycles. The summed E-state index contributed by atoms with van der Waals surface area (Å²) in [6.07, 6.45) is 8.03. The van der Waals surface area contributed by atoms with Crippen LogP contribution < -0.4 is 16.6 Å². The van der Waals surface area contributed by atoms with Gasteiger partial charge in [0.05, 0.1) is 0 Å². The van der Waals surface area contributed by atoms with Crippen molar-refractivity contribution in [1.29, 1.82) is 0 Å². The minimum atomic E-state index is -0.262. The maximum atomic E-state index is 11.8. The molecule has 5 nitrogen and oxygen atoms in total. The molecule has 0 unspecified atom stereocenters. The first kappa shape index (κ1) is 15.0. The summed E-state index contributed by atoms with van der Waals surface area (Å²) in [5.41, 5.74) is 0.250. The summed E-state index contributed by atoms with van der Waals surface area (Å²) in [5, 5.41) is 3.36. The van der Waals surface area contributed by atoms with Crippen LogP contribution in [0.1, 0.15) is 44.2 Å². The van der Waals surface area contributed by atoms with E-state index < -0.39 is 0 Å². The predicted molar refractivity (Wildman–Crippen MR) is 79.8 cm³/mol. The SMILES string of the molecule is Cn1c(CNCCC2CCCCC2)cc(=O)n(C)c1=O. The van der Waals surface area contributed by atoms with Crippen molar-refractivity contribution in [2.75, 3.05) is 6.54 Å². The molecule has 1 heterocycles. The summed E-state index contributed by atoms with van der Waals surface area (Å²) >= 11 is 0. The monoisotopic (exact) mass is 279 g/mol. The van der Waals surface area contributed by atoms with Crippen molar-refractivity contribution in [3.05, 3.63) is 32.6 Å². The van der Waals surface area contributed by atoms with Gasteiger partial charge in [-0.3, -0.25) is 13.9 Å². The first-order valence-electron chi connectivity index (χ1n) is 7.56. The number of hydrogen-bond acceptors (Lipinski definition) is 3. The van der Waals surface area contributed by atoms with Gasteiger partial charge in [-0.25, -0.2) is 4.79 Å². The summed E-state index contributed by atoms with van der Waals surface area (Å²) in [5.74, 6) is 0.851. The Bertz CT molecular complexity index is 553. The molecule has 0 radical (unpaired) electrons. The molecule has 0 saturated heterocycles. The molecule has 2 rings (SSSR count). The number of rotatable bonds is 5. The van der Waals surface area contributed by atoms with Crippen LogP contribution in [0, 0.1) is 5.92 Å². The molecule has 5 heteroatoms. The van der Waals surface area contributed by atoms with Crippen molar-refractivity contribution in [3.8, 4) is 0 Å². The molecule has 1 saturated carbocycles. The van der Waals surface area contributed by atoms with Gasteiger partial charge in [0.25, 0.3) is 5.56 Å². The smallest absolute Gasteiger partial charge is 0.311 e. The van der Waals surface area contributed by atoms with Crippen molar-refractivity contribution >= 4 is 0 Å². The predicted octanol–water partition coefficient (Wildman–Crippen LogP) is 1.14. The summed E-state index contributed by atoms with van der Waals surface area (Å²) in [4.78, 5) is 23.4. The van der Waals surface area contributed by atoms with Crippen molar-refractivity contribution in [1.82, 2.24) is 14.5 Å². The summed E-state index contributed by atoms with van der Waals surface area (Å²) in [6.45, 7) is 1.53. The molecule has 0 atom stereocenters. The summed E-state index contributed by atoms with van der Waals surface area (Å²) in [6, 6.07) is 1.54. The minimum absolute atomic E-state index is 0.239. The standard InChI is InChI=1S/C15H25N3O2/c1-17-13(10-14(19)18(2)15(17)20)11-16-9-8-12-6-4-3-5-7-12/h10,12,16H,3-9,11H2,1-2H3. The van der Waals surface area contributed by atoms with E-state index in [4.69, 9.17) is 0 Å². The second kappa shape index (κ2) is 6.88. The van der Waals surface area contributed by atoms with Crippen molar-refractivity contribution < 1.29 is 0 Å². The van der Waals surface area contributed by atoms with Gasteiger partial charge in [0.2, 0.25) is 0 Å². The normalized spacial score (nSPS) is 16.5. The van der Waals surface area contributed by atoms with E-state index >= 15 is 0 Å². The highest BCUT2D eigenvalue weighted by molar-refractivity contribution is 5.01. The Labute approximate surface area is 119 Å². The summed E-state index contributed by atoms with van der Waals surface area (Å²) < 4.78 is 2.67. The molecule has 1 aliphatic rings. The van der Waals surface area contributed by atoms with Gasteiger partial charge in [-0.15, -0.1) is 0 Å². The number of nitrogens with one attached hydrogen (secondary N) is 1. The van der Waals surface area contributed by atoms with Gasteiger partial charge in [0.1, 0.15) is 0 Å². The van der Waals surface area contributed by atoms with Crippen molar-refractivity contribution in [3.63, 3.8) is 0 Å². The molecule has 20 heavy (non-hydrogen) atoms. The quantitative estimate of drug-likeness (QED) is 0.823. The maximum Gasteiger partial charge on any atom is 0.330 e. The van der Waals surface area contributed by atoms with Crippen LogP contribution in [0.5, 0.6) is 0 Å². The lowest BCUT2D eigenvalue weighted by Crippen LogP contribution is -2.39. The van der Waals surface area contributed by atoms with Crippen LogP contribution in [-0.4, -0.2) is 15.7 Å². The largest absolute Gasteiger partial charge is 0.330 e. The van der Waals surface area contributed by atoms with E-state index in [1.807, 2.05) is 0 Å². The maximum absolute atomic E-state index is 11.8. The van der Waals surface area contributed by atoms with E-state index in [-0.39, 0.29) is 11.2 Å². The zero-order valence-electron chi connectivity index (χ0n) is 12.5. The highest BCUT2D eigenvalue weighted by atomic mass is 16.2.